The number of rotatable bonds is 2. The summed E-state index contributed by atoms with van der Waals surface area (Å²) >= 11 is 0. The molecule has 106 valence electrons. The smallest absolute Gasteiger partial charge is 0.254 e. The molecule has 3 rings (SSSR count). The molecule has 3 N–H and O–H groups in total. The second-order valence-electron chi connectivity index (χ2n) is 5.74. The molecule has 2 atom stereocenters. The van der Waals surface area contributed by atoms with Crippen molar-refractivity contribution in [2.75, 3.05) is 18.4 Å². The van der Waals surface area contributed by atoms with Crippen LogP contribution < -0.4 is 11.1 Å². The summed E-state index contributed by atoms with van der Waals surface area (Å²) in [6.45, 7) is 3.41. The number of hydrogen-bond donors (Lipinski definition) is 2. The van der Waals surface area contributed by atoms with Crippen molar-refractivity contribution in [2.24, 2.45) is 11.7 Å². The molecule has 0 radical (unpaired) electrons. The number of fused-ring (bicyclic) bond motifs is 1. The number of hydrogen-bond acceptors (Lipinski definition) is 3. The summed E-state index contributed by atoms with van der Waals surface area (Å²) in [4.78, 5) is 25.8. The van der Waals surface area contributed by atoms with Crippen molar-refractivity contribution < 1.29 is 9.59 Å². The first-order valence-corrected chi connectivity index (χ1v) is 7.02. The van der Waals surface area contributed by atoms with Crippen LogP contribution in [0.1, 0.15) is 29.3 Å². The zero-order valence-corrected chi connectivity index (χ0v) is 11.6. The molecule has 2 aliphatic heterocycles. The predicted molar refractivity (Wildman–Crippen MR) is 76.4 cm³/mol. The van der Waals surface area contributed by atoms with E-state index in [2.05, 4.69) is 12.2 Å². The van der Waals surface area contributed by atoms with Gasteiger partial charge < -0.3 is 16.0 Å². The minimum atomic E-state index is -0.0117. The number of nitrogens with zero attached hydrogens (tertiary/aromatic N) is 1. The minimum Gasteiger partial charge on any atom is -0.336 e. The maximum absolute atomic E-state index is 12.6. The van der Waals surface area contributed by atoms with E-state index in [9.17, 15) is 9.59 Å². The van der Waals surface area contributed by atoms with Crippen LogP contribution in [0.25, 0.3) is 0 Å². The standard InChI is InChI=1S/C15H19N3O2/c1-9-4-10(7-16)8-18(9)15(20)11-2-3-13-12(5-11)6-14(19)17-13/h2-3,5,9-10H,4,6-8,16H2,1H3,(H,17,19). The number of likely N-dealkylation sites (tertiary alicyclic amines) is 1. The number of nitrogens with one attached hydrogen (secondary N) is 1. The van der Waals surface area contributed by atoms with Crippen LogP contribution in [0.4, 0.5) is 5.69 Å². The van der Waals surface area contributed by atoms with Crippen molar-refractivity contribution in [3.8, 4) is 0 Å². The molecule has 2 amide bonds. The topological polar surface area (TPSA) is 75.4 Å². The first-order chi connectivity index (χ1) is 9.58. The molecule has 20 heavy (non-hydrogen) atoms. The molecular formula is C15H19N3O2. The summed E-state index contributed by atoms with van der Waals surface area (Å²) in [6.07, 6.45) is 1.32. The van der Waals surface area contributed by atoms with Gasteiger partial charge in [-0.3, -0.25) is 9.59 Å². The summed E-state index contributed by atoms with van der Waals surface area (Å²) in [7, 11) is 0. The van der Waals surface area contributed by atoms with E-state index in [0.717, 1.165) is 24.2 Å². The lowest BCUT2D eigenvalue weighted by molar-refractivity contribution is -0.115. The molecule has 2 aliphatic rings. The summed E-state index contributed by atoms with van der Waals surface area (Å²) in [6, 6.07) is 5.66. The summed E-state index contributed by atoms with van der Waals surface area (Å²) < 4.78 is 0. The fourth-order valence-electron chi connectivity index (χ4n) is 3.12. The van der Waals surface area contributed by atoms with E-state index in [1.165, 1.54) is 0 Å². The van der Waals surface area contributed by atoms with Crippen molar-refractivity contribution in [2.45, 2.75) is 25.8 Å². The fraction of sp³-hybridized carbons (Fsp3) is 0.467. The van der Waals surface area contributed by atoms with Crippen LogP contribution in [0, 0.1) is 5.92 Å². The second kappa shape index (κ2) is 4.90. The van der Waals surface area contributed by atoms with E-state index in [0.29, 0.717) is 24.4 Å². The van der Waals surface area contributed by atoms with Gasteiger partial charge in [0.2, 0.25) is 5.91 Å². The molecule has 1 aromatic carbocycles. The Bertz CT molecular complexity index is 570. The third kappa shape index (κ3) is 2.18. The second-order valence-corrected chi connectivity index (χ2v) is 5.74. The molecular weight excluding hydrogens is 254 g/mol. The van der Waals surface area contributed by atoms with E-state index in [4.69, 9.17) is 5.73 Å². The van der Waals surface area contributed by atoms with Gasteiger partial charge in [0.1, 0.15) is 0 Å². The van der Waals surface area contributed by atoms with Gasteiger partial charge in [0, 0.05) is 23.8 Å². The van der Waals surface area contributed by atoms with Gasteiger partial charge in [-0.2, -0.15) is 0 Å². The first kappa shape index (κ1) is 13.1. The Hall–Kier alpha value is -1.88. The predicted octanol–water partition coefficient (Wildman–Crippen LogP) is 0.991. The highest BCUT2D eigenvalue weighted by Gasteiger charge is 2.32. The Balaban J connectivity index is 1.82. The lowest BCUT2D eigenvalue weighted by atomic mass is 10.1. The zero-order chi connectivity index (χ0) is 14.3. The SMILES string of the molecule is CC1CC(CN)CN1C(=O)c1ccc2c(c1)CC(=O)N2. The lowest BCUT2D eigenvalue weighted by Crippen LogP contribution is -2.34. The van der Waals surface area contributed by atoms with Crippen molar-refractivity contribution in [1.82, 2.24) is 4.90 Å². The maximum Gasteiger partial charge on any atom is 0.254 e. The van der Waals surface area contributed by atoms with Crippen molar-refractivity contribution in [1.29, 1.82) is 0 Å². The normalized spacial score (nSPS) is 24.7. The van der Waals surface area contributed by atoms with Crippen LogP contribution in [0.5, 0.6) is 0 Å². The Labute approximate surface area is 118 Å². The highest BCUT2D eigenvalue weighted by molar-refractivity contribution is 6.01. The average molecular weight is 273 g/mol. The quantitative estimate of drug-likeness (QED) is 0.843. The Kier molecular flexibility index (Phi) is 3.22. The van der Waals surface area contributed by atoms with Crippen LogP contribution in [0.15, 0.2) is 18.2 Å². The molecule has 5 nitrogen and oxygen atoms in total. The number of nitrogens with two attached hydrogens (primary N) is 1. The molecule has 1 saturated heterocycles. The van der Waals surface area contributed by atoms with Gasteiger partial charge in [-0.05, 0) is 49.6 Å². The van der Waals surface area contributed by atoms with E-state index in [1.54, 1.807) is 6.07 Å². The Morgan fingerprint density at radius 3 is 3.00 bits per heavy atom. The van der Waals surface area contributed by atoms with Crippen LogP contribution in [-0.4, -0.2) is 35.8 Å². The van der Waals surface area contributed by atoms with Crippen LogP contribution in [0.2, 0.25) is 0 Å². The van der Waals surface area contributed by atoms with Gasteiger partial charge in [-0.25, -0.2) is 0 Å². The van der Waals surface area contributed by atoms with E-state index in [1.807, 2.05) is 17.0 Å². The fourth-order valence-corrected chi connectivity index (χ4v) is 3.12. The maximum atomic E-state index is 12.6. The molecule has 0 bridgehead atoms. The molecule has 1 fully saturated rings. The molecule has 2 heterocycles. The molecule has 0 aromatic heterocycles. The molecule has 0 spiro atoms. The summed E-state index contributed by atoms with van der Waals surface area (Å²) in [5, 5.41) is 2.78. The number of amides is 2. The van der Waals surface area contributed by atoms with Crippen molar-refractivity contribution in [3.63, 3.8) is 0 Å². The zero-order valence-electron chi connectivity index (χ0n) is 11.6. The number of anilines is 1. The number of carbonyl (C=O) groups is 2. The molecule has 1 aromatic rings. The largest absolute Gasteiger partial charge is 0.336 e. The van der Waals surface area contributed by atoms with E-state index < -0.39 is 0 Å². The van der Waals surface area contributed by atoms with Crippen LogP contribution in [-0.2, 0) is 11.2 Å². The average Bonchev–Trinajstić information content (AvgIpc) is 2.98. The monoisotopic (exact) mass is 273 g/mol. The van der Waals surface area contributed by atoms with Gasteiger partial charge in [0.15, 0.2) is 0 Å². The Morgan fingerprint density at radius 2 is 2.30 bits per heavy atom. The van der Waals surface area contributed by atoms with E-state index >= 15 is 0 Å². The minimum absolute atomic E-state index is 0.0117. The van der Waals surface area contributed by atoms with Gasteiger partial charge in [0.25, 0.3) is 5.91 Å². The van der Waals surface area contributed by atoms with Crippen LogP contribution in [0.3, 0.4) is 0 Å². The van der Waals surface area contributed by atoms with Gasteiger partial charge in [-0.1, -0.05) is 0 Å². The Morgan fingerprint density at radius 1 is 1.50 bits per heavy atom. The highest BCUT2D eigenvalue weighted by atomic mass is 16.2. The third-order valence-electron chi connectivity index (χ3n) is 4.23. The molecule has 2 unspecified atom stereocenters. The van der Waals surface area contributed by atoms with Gasteiger partial charge in [0.05, 0.1) is 6.42 Å². The number of carbonyl (C=O) groups excluding carboxylic acids is 2. The summed E-state index contributed by atoms with van der Waals surface area (Å²) in [5.74, 6) is 0.421. The van der Waals surface area contributed by atoms with Crippen molar-refractivity contribution in [3.05, 3.63) is 29.3 Å². The third-order valence-corrected chi connectivity index (χ3v) is 4.23. The lowest BCUT2D eigenvalue weighted by Gasteiger charge is -2.21. The van der Waals surface area contributed by atoms with Gasteiger partial charge >= 0.3 is 0 Å². The van der Waals surface area contributed by atoms with Crippen molar-refractivity contribution >= 4 is 17.5 Å². The summed E-state index contributed by atoms with van der Waals surface area (Å²) in [5.41, 5.74) is 8.09. The highest BCUT2D eigenvalue weighted by Crippen LogP contribution is 2.27. The molecule has 0 aliphatic carbocycles. The number of benzene rings is 1. The van der Waals surface area contributed by atoms with E-state index in [-0.39, 0.29) is 17.9 Å². The molecule has 5 heteroatoms. The molecule has 0 saturated carbocycles. The first-order valence-electron chi connectivity index (χ1n) is 7.02. The van der Waals surface area contributed by atoms with Gasteiger partial charge in [-0.15, -0.1) is 0 Å². The van der Waals surface area contributed by atoms with Crippen LogP contribution >= 0.6 is 0 Å².